The molecule has 0 radical (unpaired) electrons. The normalized spacial score (nSPS) is 17.1. The standard InChI is InChI=1S/C26H25ClN2O/c1-24(2,3)26(30,21-5-4-14-29-16-21)22-11-8-19(15-23(22)27)18-6-9-20(10-7-18)25(17-28)12-13-25/h4-11,14-16,30H,12-13H2,1-3H3. The van der Waals surface area contributed by atoms with Gasteiger partial charge in [-0.1, -0.05) is 74.8 Å². The third-order valence-corrected chi connectivity index (χ3v) is 6.57. The summed E-state index contributed by atoms with van der Waals surface area (Å²) in [5.74, 6) is 0. The highest BCUT2D eigenvalue weighted by Gasteiger charge is 2.45. The van der Waals surface area contributed by atoms with Gasteiger partial charge in [0.2, 0.25) is 0 Å². The third-order valence-electron chi connectivity index (χ3n) is 6.26. The van der Waals surface area contributed by atoms with Crippen molar-refractivity contribution in [2.75, 3.05) is 0 Å². The number of nitriles is 1. The highest BCUT2D eigenvalue weighted by Crippen LogP contribution is 2.49. The van der Waals surface area contributed by atoms with Crippen LogP contribution in [0, 0.1) is 16.7 Å². The molecule has 1 N–H and O–H groups in total. The van der Waals surface area contributed by atoms with Crippen LogP contribution < -0.4 is 0 Å². The highest BCUT2D eigenvalue weighted by molar-refractivity contribution is 6.31. The van der Waals surface area contributed by atoms with Gasteiger partial charge in [0.15, 0.2) is 0 Å². The van der Waals surface area contributed by atoms with Crippen molar-refractivity contribution in [2.45, 2.75) is 44.6 Å². The second kappa shape index (κ2) is 7.23. The van der Waals surface area contributed by atoms with Crippen LogP contribution in [0.15, 0.2) is 67.0 Å². The maximum Gasteiger partial charge on any atom is 0.122 e. The number of hydrogen-bond donors (Lipinski definition) is 1. The average Bonchev–Trinajstić information content (AvgIpc) is 3.54. The Hall–Kier alpha value is -2.67. The molecule has 3 nitrogen and oxygen atoms in total. The van der Waals surface area contributed by atoms with Crippen molar-refractivity contribution in [1.82, 2.24) is 4.98 Å². The SMILES string of the molecule is CC(C)(C)C(O)(c1cccnc1)c1ccc(-c2ccc(C3(C#N)CC3)cc2)cc1Cl. The molecule has 1 fully saturated rings. The summed E-state index contributed by atoms with van der Waals surface area (Å²) in [5, 5.41) is 21.7. The third kappa shape index (κ3) is 3.31. The molecule has 152 valence electrons. The smallest absolute Gasteiger partial charge is 0.122 e. The predicted octanol–water partition coefficient (Wildman–Crippen LogP) is 6.24. The van der Waals surface area contributed by atoms with E-state index in [9.17, 15) is 10.4 Å². The molecule has 1 heterocycles. The van der Waals surface area contributed by atoms with Gasteiger partial charge in [-0.15, -0.1) is 0 Å². The average molecular weight is 417 g/mol. The molecule has 1 aliphatic carbocycles. The number of benzene rings is 2. The van der Waals surface area contributed by atoms with E-state index in [1.165, 1.54) is 0 Å². The van der Waals surface area contributed by atoms with E-state index in [2.05, 4.69) is 11.1 Å². The molecule has 4 heteroatoms. The molecule has 1 unspecified atom stereocenters. The van der Waals surface area contributed by atoms with Crippen LogP contribution in [-0.4, -0.2) is 10.1 Å². The lowest BCUT2D eigenvalue weighted by atomic mass is 9.68. The molecule has 0 saturated heterocycles. The first-order chi connectivity index (χ1) is 14.2. The molecular weight excluding hydrogens is 392 g/mol. The molecule has 0 bridgehead atoms. The Morgan fingerprint density at radius 2 is 1.70 bits per heavy atom. The fraction of sp³-hybridized carbons (Fsp3) is 0.308. The van der Waals surface area contributed by atoms with Crippen molar-refractivity contribution in [3.05, 3.63) is 88.7 Å². The topological polar surface area (TPSA) is 56.9 Å². The molecular formula is C26H25ClN2O. The lowest BCUT2D eigenvalue weighted by Gasteiger charge is -2.41. The Kier molecular flexibility index (Phi) is 4.97. The number of hydrogen-bond acceptors (Lipinski definition) is 3. The Morgan fingerprint density at radius 1 is 1.03 bits per heavy atom. The first kappa shape index (κ1) is 20.6. The van der Waals surface area contributed by atoms with E-state index in [1.807, 2.05) is 75.4 Å². The molecule has 4 rings (SSSR count). The van der Waals surface area contributed by atoms with E-state index in [0.717, 1.165) is 29.5 Å². The van der Waals surface area contributed by atoms with Gasteiger partial charge in [0, 0.05) is 28.5 Å². The summed E-state index contributed by atoms with van der Waals surface area (Å²) in [7, 11) is 0. The van der Waals surface area contributed by atoms with Gasteiger partial charge < -0.3 is 5.11 Å². The van der Waals surface area contributed by atoms with E-state index in [1.54, 1.807) is 12.4 Å². The summed E-state index contributed by atoms with van der Waals surface area (Å²) in [6.45, 7) is 5.98. The first-order valence-corrected chi connectivity index (χ1v) is 10.5. The Bertz CT molecular complexity index is 1110. The molecule has 1 aliphatic rings. The molecule has 0 amide bonds. The first-order valence-electron chi connectivity index (χ1n) is 10.2. The highest BCUT2D eigenvalue weighted by atomic mass is 35.5. The molecule has 1 atom stereocenters. The fourth-order valence-electron chi connectivity index (χ4n) is 4.13. The quantitative estimate of drug-likeness (QED) is 0.547. The van der Waals surface area contributed by atoms with Crippen LogP contribution in [0.3, 0.4) is 0 Å². The number of aliphatic hydroxyl groups is 1. The second-order valence-corrected chi connectivity index (χ2v) is 9.58. The van der Waals surface area contributed by atoms with Gasteiger partial charge in [0.1, 0.15) is 5.60 Å². The van der Waals surface area contributed by atoms with Crippen LogP contribution in [0.25, 0.3) is 11.1 Å². The molecule has 3 aromatic rings. The van der Waals surface area contributed by atoms with E-state index in [0.29, 0.717) is 16.1 Å². The lowest BCUT2D eigenvalue weighted by molar-refractivity contribution is -0.0261. The Morgan fingerprint density at radius 3 is 2.20 bits per heavy atom. The van der Waals surface area contributed by atoms with Gasteiger partial charge in [-0.3, -0.25) is 4.98 Å². The fourth-order valence-corrected chi connectivity index (χ4v) is 4.45. The molecule has 0 spiro atoms. The minimum absolute atomic E-state index is 0.285. The maximum atomic E-state index is 11.8. The monoisotopic (exact) mass is 416 g/mol. The Balaban J connectivity index is 1.73. The zero-order valence-electron chi connectivity index (χ0n) is 17.5. The lowest BCUT2D eigenvalue weighted by Crippen LogP contribution is -2.41. The van der Waals surface area contributed by atoms with Gasteiger partial charge >= 0.3 is 0 Å². The summed E-state index contributed by atoms with van der Waals surface area (Å²) in [5.41, 5.74) is 2.38. The van der Waals surface area contributed by atoms with Gasteiger partial charge in [0.25, 0.3) is 0 Å². The van der Waals surface area contributed by atoms with E-state index in [-0.39, 0.29) is 5.41 Å². The summed E-state index contributed by atoms with van der Waals surface area (Å²) >= 11 is 6.73. The number of pyridine rings is 1. The van der Waals surface area contributed by atoms with Crippen LogP contribution in [-0.2, 0) is 11.0 Å². The number of halogens is 1. The molecule has 2 aromatic carbocycles. The molecule has 30 heavy (non-hydrogen) atoms. The summed E-state index contributed by atoms with van der Waals surface area (Å²) < 4.78 is 0. The van der Waals surface area contributed by atoms with E-state index in [4.69, 9.17) is 11.6 Å². The van der Waals surface area contributed by atoms with Gasteiger partial charge in [-0.2, -0.15) is 5.26 Å². The zero-order valence-corrected chi connectivity index (χ0v) is 18.2. The number of aromatic nitrogens is 1. The molecule has 0 aliphatic heterocycles. The minimum Gasteiger partial charge on any atom is -0.380 e. The van der Waals surface area contributed by atoms with Crippen molar-refractivity contribution < 1.29 is 5.11 Å². The van der Waals surface area contributed by atoms with E-state index >= 15 is 0 Å². The van der Waals surface area contributed by atoms with Crippen molar-refractivity contribution in [3.63, 3.8) is 0 Å². The predicted molar refractivity (Wildman–Crippen MR) is 120 cm³/mol. The maximum absolute atomic E-state index is 11.8. The van der Waals surface area contributed by atoms with Crippen LogP contribution in [0.2, 0.25) is 5.02 Å². The summed E-state index contributed by atoms with van der Waals surface area (Å²) in [4.78, 5) is 4.20. The molecule has 1 saturated carbocycles. The number of rotatable bonds is 4. The van der Waals surface area contributed by atoms with Gasteiger partial charge in [-0.25, -0.2) is 0 Å². The van der Waals surface area contributed by atoms with Crippen molar-refractivity contribution >= 4 is 11.6 Å². The van der Waals surface area contributed by atoms with Gasteiger partial charge in [-0.05, 0) is 47.1 Å². The zero-order chi connectivity index (χ0) is 21.6. The number of nitrogens with zero attached hydrogens (tertiary/aromatic N) is 2. The van der Waals surface area contributed by atoms with Gasteiger partial charge in [0.05, 0.1) is 11.5 Å². The van der Waals surface area contributed by atoms with Crippen molar-refractivity contribution in [1.29, 1.82) is 5.26 Å². The van der Waals surface area contributed by atoms with Crippen LogP contribution in [0.4, 0.5) is 0 Å². The Labute approximate surface area is 183 Å². The largest absolute Gasteiger partial charge is 0.380 e. The second-order valence-electron chi connectivity index (χ2n) is 9.17. The summed E-state index contributed by atoms with van der Waals surface area (Å²) in [6.07, 6.45) is 5.25. The molecule has 1 aromatic heterocycles. The van der Waals surface area contributed by atoms with Crippen molar-refractivity contribution in [3.8, 4) is 17.2 Å². The minimum atomic E-state index is -1.29. The van der Waals surface area contributed by atoms with Crippen LogP contribution in [0.1, 0.15) is 50.3 Å². The van der Waals surface area contributed by atoms with E-state index < -0.39 is 11.0 Å². The summed E-state index contributed by atoms with van der Waals surface area (Å²) in [6, 6.07) is 20.1. The van der Waals surface area contributed by atoms with Crippen LogP contribution in [0.5, 0.6) is 0 Å². The van der Waals surface area contributed by atoms with Crippen LogP contribution >= 0.6 is 11.6 Å². The van der Waals surface area contributed by atoms with Crippen molar-refractivity contribution in [2.24, 2.45) is 5.41 Å².